The van der Waals surface area contributed by atoms with Crippen molar-refractivity contribution in [3.05, 3.63) is 83.2 Å². The highest BCUT2D eigenvalue weighted by atomic mass is 16.5. The van der Waals surface area contributed by atoms with Gasteiger partial charge in [-0.1, -0.05) is 24.3 Å². The monoisotopic (exact) mass is 404 g/mol. The van der Waals surface area contributed by atoms with Crippen molar-refractivity contribution in [2.75, 3.05) is 7.11 Å². The van der Waals surface area contributed by atoms with Gasteiger partial charge in [0, 0.05) is 31.8 Å². The number of carbonyl (C=O) groups is 2. The van der Waals surface area contributed by atoms with Gasteiger partial charge in [-0.3, -0.25) is 9.78 Å². The lowest BCUT2D eigenvalue weighted by Gasteiger charge is -2.36. The van der Waals surface area contributed by atoms with Gasteiger partial charge in [-0.25, -0.2) is 9.78 Å². The van der Waals surface area contributed by atoms with E-state index in [1.54, 1.807) is 6.20 Å². The van der Waals surface area contributed by atoms with Gasteiger partial charge >= 0.3 is 5.97 Å². The second-order valence-corrected chi connectivity index (χ2v) is 7.41. The summed E-state index contributed by atoms with van der Waals surface area (Å²) in [4.78, 5) is 36.4. The topological polar surface area (TPSA) is 77.3 Å². The Labute approximate surface area is 175 Å². The van der Waals surface area contributed by atoms with Crippen molar-refractivity contribution >= 4 is 11.9 Å². The molecule has 2 heterocycles. The molecule has 1 aliphatic carbocycles. The number of ether oxygens (including phenoxy) is 1. The van der Waals surface area contributed by atoms with Gasteiger partial charge in [0.25, 0.3) is 5.91 Å². The Balaban J connectivity index is 1.79. The quantitative estimate of drug-likeness (QED) is 0.610. The van der Waals surface area contributed by atoms with Gasteiger partial charge in [-0.2, -0.15) is 0 Å². The van der Waals surface area contributed by atoms with Gasteiger partial charge in [-0.15, -0.1) is 0 Å². The molecule has 2 aromatic heterocycles. The summed E-state index contributed by atoms with van der Waals surface area (Å²) in [5.74, 6) is -0.0372. The van der Waals surface area contributed by atoms with Crippen molar-refractivity contribution < 1.29 is 14.3 Å². The zero-order valence-electron chi connectivity index (χ0n) is 17.1. The normalized spacial score (nSPS) is 15.3. The molecule has 154 valence electrons. The number of pyridine rings is 1. The van der Waals surface area contributed by atoms with E-state index in [4.69, 9.17) is 4.74 Å². The zero-order valence-corrected chi connectivity index (χ0v) is 17.1. The van der Waals surface area contributed by atoms with Crippen LogP contribution in [-0.4, -0.2) is 38.4 Å². The van der Waals surface area contributed by atoms with Gasteiger partial charge in [0.15, 0.2) is 0 Å². The summed E-state index contributed by atoms with van der Waals surface area (Å²) in [5.41, 5.74) is 2.86. The maximum Gasteiger partial charge on any atom is 0.338 e. The summed E-state index contributed by atoms with van der Waals surface area (Å²) in [6, 6.07) is 9.65. The lowest BCUT2D eigenvalue weighted by Crippen LogP contribution is -2.37. The van der Waals surface area contributed by atoms with Gasteiger partial charge in [0.1, 0.15) is 5.82 Å². The maximum atomic E-state index is 13.8. The number of fused-ring (bicyclic) bond motifs is 1. The standard InChI is InChI=1S/C23H24N4O3/c1-26-13-12-25-21(26)15-27(20-9-5-7-16-6-3-4-8-17(16)20)22(28)19-14-24-11-10-18(19)23(29)30-2/h3-4,6,8,10-14,20H,5,7,9,15H2,1-2H3. The molecule has 1 atom stereocenters. The Hall–Kier alpha value is -3.48. The Morgan fingerprint density at radius 2 is 2.03 bits per heavy atom. The Kier molecular flexibility index (Phi) is 5.61. The molecule has 0 radical (unpaired) electrons. The third-order valence-corrected chi connectivity index (χ3v) is 5.66. The fourth-order valence-corrected chi connectivity index (χ4v) is 4.08. The van der Waals surface area contributed by atoms with Gasteiger partial charge in [0.2, 0.25) is 0 Å². The maximum absolute atomic E-state index is 13.8. The second kappa shape index (κ2) is 8.49. The third-order valence-electron chi connectivity index (χ3n) is 5.66. The lowest BCUT2D eigenvalue weighted by atomic mass is 9.86. The molecular weight excluding hydrogens is 380 g/mol. The number of aryl methyl sites for hydroxylation is 2. The molecule has 1 aliphatic rings. The van der Waals surface area contributed by atoms with Crippen LogP contribution in [0.4, 0.5) is 0 Å². The Bertz CT molecular complexity index is 1080. The number of amides is 1. The SMILES string of the molecule is COC(=O)c1ccncc1C(=O)N(Cc1nccn1C)C1CCCc2ccccc21. The molecule has 0 aliphatic heterocycles. The van der Waals surface area contributed by atoms with Crippen molar-refractivity contribution in [2.24, 2.45) is 7.05 Å². The van der Waals surface area contributed by atoms with E-state index in [2.05, 4.69) is 22.1 Å². The number of aromatic nitrogens is 3. The van der Waals surface area contributed by atoms with Crippen molar-refractivity contribution in [1.29, 1.82) is 0 Å². The van der Waals surface area contributed by atoms with E-state index < -0.39 is 5.97 Å². The largest absolute Gasteiger partial charge is 0.465 e. The van der Waals surface area contributed by atoms with Gasteiger partial charge in [0.05, 0.1) is 30.8 Å². The minimum Gasteiger partial charge on any atom is -0.465 e. The minimum absolute atomic E-state index is 0.107. The molecule has 7 nitrogen and oxygen atoms in total. The number of nitrogens with zero attached hydrogens (tertiary/aromatic N) is 4. The number of hydrogen-bond acceptors (Lipinski definition) is 5. The van der Waals surface area contributed by atoms with Crippen LogP contribution in [0.3, 0.4) is 0 Å². The predicted molar refractivity (Wildman–Crippen MR) is 111 cm³/mol. The molecule has 0 saturated carbocycles. The summed E-state index contributed by atoms with van der Waals surface area (Å²) in [5, 5.41) is 0. The van der Waals surface area contributed by atoms with Crippen LogP contribution >= 0.6 is 0 Å². The van der Waals surface area contributed by atoms with E-state index in [-0.39, 0.29) is 23.1 Å². The van der Waals surface area contributed by atoms with Crippen molar-refractivity contribution in [1.82, 2.24) is 19.4 Å². The van der Waals surface area contributed by atoms with E-state index in [0.29, 0.717) is 6.54 Å². The van der Waals surface area contributed by atoms with Crippen molar-refractivity contribution in [2.45, 2.75) is 31.8 Å². The summed E-state index contributed by atoms with van der Waals surface area (Å²) in [7, 11) is 3.21. The Morgan fingerprint density at radius 3 is 2.80 bits per heavy atom. The second-order valence-electron chi connectivity index (χ2n) is 7.41. The number of rotatable bonds is 5. The number of hydrogen-bond donors (Lipinski definition) is 0. The van der Waals surface area contributed by atoms with E-state index in [0.717, 1.165) is 30.7 Å². The first kappa shape index (κ1) is 19.8. The first-order valence-corrected chi connectivity index (χ1v) is 9.97. The molecule has 1 unspecified atom stereocenters. The molecule has 7 heteroatoms. The zero-order chi connectivity index (χ0) is 21.1. The average molecular weight is 404 g/mol. The number of esters is 1. The highest BCUT2D eigenvalue weighted by Gasteiger charge is 2.32. The van der Waals surface area contributed by atoms with E-state index in [1.807, 2.05) is 34.8 Å². The lowest BCUT2D eigenvalue weighted by molar-refractivity contribution is 0.0569. The summed E-state index contributed by atoms with van der Waals surface area (Å²) in [6.45, 7) is 0.330. The predicted octanol–water partition coefficient (Wildman–Crippen LogP) is 3.32. The fraction of sp³-hybridized carbons (Fsp3) is 0.304. The summed E-state index contributed by atoms with van der Waals surface area (Å²) < 4.78 is 6.78. The number of imidazole rings is 1. The van der Waals surface area contributed by atoms with Crippen LogP contribution in [0, 0.1) is 0 Å². The number of benzene rings is 1. The molecule has 0 saturated heterocycles. The summed E-state index contributed by atoms with van der Waals surface area (Å²) >= 11 is 0. The molecule has 4 rings (SSSR count). The summed E-state index contributed by atoms with van der Waals surface area (Å²) in [6.07, 6.45) is 9.34. The third kappa shape index (κ3) is 3.70. The highest BCUT2D eigenvalue weighted by Crippen LogP contribution is 2.36. The number of methoxy groups -OCH3 is 1. The molecule has 1 amide bonds. The number of carbonyl (C=O) groups excluding carboxylic acids is 2. The molecule has 0 spiro atoms. The van der Waals surface area contributed by atoms with Crippen molar-refractivity contribution in [3.8, 4) is 0 Å². The van der Waals surface area contributed by atoms with E-state index in [9.17, 15) is 9.59 Å². The molecule has 0 fully saturated rings. The minimum atomic E-state index is -0.554. The molecule has 0 N–H and O–H groups in total. The van der Waals surface area contributed by atoms with Crippen LogP contribution in [0.1, 0.15) is 56.6 Å². The van der Waals surface area contributed by atoms with Gasteiger partial charge in [-0.05, 0) is 36.5 Å². The van der Waals surface area contributed by atoms with E-state index >= 15 is 0 Å². The molecule has 3 aromatic rings. The first-order chi connectivity index (χ1) is 14.6. The van der Waals surface area contributed by atoms with Crippen LogP contribution in [0.2, 0.25) is 0 Å². The Morgan fingerprint density at radius 1 is 1.20 bits per heavy atom. The fourth-order valence-electron chi connectivity index (χ4n) is 4.08. The molecular formula is C23H24N4O3. The van der Waals surface area contributed by atoms with Crippen LogP contribution in [0.5, 0.6) is 0 Å². The first-order valence-electron chi connectivity index (χ1n) is 9.97. The van der Waals surface area contributed by atoms with Crippen LogP contribution in [0.25, 0.3) is 0 Å². The molecule has 1 aromatic carbocycles. The van der Waals surface area contributed by atoms with E-state index in [1.165, 1.54) is 31.1 Å². The molecule has 30 heavy (non-hydrogen) atoms. The van der Waals surface area contributed by atoms with Gasteiger partial charge < -0.3 is 14.2 Å². The van der Waals surface area contributed by atoms with Crippen molar-refractivity contribution in [3.63, 3.8) is 0 Å². The highest BCUT2D eigenvalue weighted by molar-refractivity contribution is 6.05. The molecule has 0 bridgehead atoms. The van der Waals surface area contributed by atoms with Crippen LogP contribution in [-0.2, 0) is 24.8 Å². The van der Waals surface area contributed by atoms with Crippen LogP contribution < -0.4 is 0 Å². The smallest absolute Gasteiger partial charge is 0.338 e. The van der Waals surface area contributed by atoms with Crippen LogP contribution in [0.15, 0.2) is 55.1 Å². The average Bonchev–Trinajstić information content (AvgIpc) is 3.20.